The molecule has 1 saturated heterocycles. The first kappa shape index (κ1) is 28.1. The molecule has 2 N–H and O–H groups in total. The Bertz CT molecular complexity index is 1120. The number of carbonyl (C=O) groups is 1. The largest absolute Gasteiger partial charge is 0.423 e. The van der Waals surface area contributed by atoms with Crippen molar-refractivity contribution in [1.82, 2.24) is 25.1 Å². The van der Waals surface area contributed by atoms with E-state index in [1.807, 2.05) is 0 Å². The second-order valence-corrected chi connectivity index (χ2v) is 8.54. The zero-order valence-corrected chi connectivity index (χ0v) is 19.9. The number of rotatable bonds is 8. The van der Waals surface area contributed by atoms with Gasteiger partial charge < -0.3 is 19.9 Å². The molecule has 3 heterocycles. The lowest BCUT2D eigenvalue weighted by molar-refractivity contribution is -0.139. The second kappa shape index (κ2) is 11.3. The molecule has 1 atom stereocenters. The maximum absolute atomic E-state index is 13.1. The van der Waals surface area contributed by atoms with Crippen LogP contribution in [0.5, 0.6) is 0 Å². The van der Waals surface area contributed by atoms with Gasteiger partial charge in [0.15, 0.2) is 0 Å². The number of hydrogen-bond acceptors (Lipinski definition) is 8. The highest BCUT2D eigenvalue weighted by Gasteiger charge is 2.37. The monoisotopic (exact) mass is 537 g/mol. The van der Waals surface area contributed by atoms with E-state index in [0.717, 1.165) is 18.6 Å². The zero-order valence-electron chi connectivity index (χ0n) is 19.9. The van der Waals surface area contributed by atoms with Crippen LogP contribution in [0.2, 0.25) is 0 Å². The minimum atomic E-state index is -4.88. The molecule has 37 heavy (non-hydrogen) atoms. The first-order valence-electron chi connectivity index (χ1n) is 11.2. The molecule has 1 fully saturated rings. The number of alkyl halides is 6. The Kier molecular flexibility index (Phi) is 8.60. The third-order valence-electron chi connectivity index (χ3n) is 5.79. The van der Waals surface area contributed by atoms with E-state index in [0.29, 0.717) is 25.9 Å². The van der Waals surface area contributed by atoms with Gasteiger partial charge in [0.05, 0.1) is 24.1 Å². The van der Waals surface area contributed by atoms with E-state index in [9.17, 15) is 35.9 Å². The third-order valence-corrected chi connectivity index (χ3v) is 5.79. The maximum atomic E-state index is 13.1. The minimum Gasteiger partial charge on any atom is -0.378 e. The summed E-state index contributed by atoms with van der Waals surface area (Å²) in [5.74, 6) is -0.167. The van der Waals surface area contributed by atoms with E-state index in [4.69, 9.17) is 4.74 Å². The highest BCUT2D eigenvalue weighted by Crippen LogP contribution is 2.32. The van der Waals surface area contributed by atoms with Crippen LogP contribution in [0.1, 0.15) is 30.9 Å². The van der Waals surface area contributed by atoms with Gasteiger partial charge in [-0.05, 0) is 19.8 Å². The fourth-order valence-corrected chi connectivity index (χ4v) is 3.81. The highest BCUT2D eigenvalue weighted by molar-refractivity contribution is 5.77. The van der Waals surface area contributed by atoms with Gasteiger partial charge in [-0.2, -0.15) is 31.4 Å². The minimum absolute atomic E-state index is 0.118. The standard InChI is InChI=1S/C21H25F6N7O3/c1-12(31-15-9-30-32-18(36)17(15)21(25,26)27)10-37-11-16(35)33(2)14-3-5-34(6-4-14)19-28-7-13(8-29-19)20(22,23)24/h7-9,12,14H,3-6,10-11H2,1-2H3,(H2,31,32,36). The number of hydrogen-bond donors (Lipinski definition) is 2. The summed E-state index contributed by atoms with van der Waals surface area (Å²) in [6.45, 7) is 1.95. The van der Waals surface area contributed by atoms with Gasteiger partial charge in [-0.3, -0.25) is 9.59 Å². The molecule has 1 aliphatic rings. The fourth-order valence-electron chi connectivity index (χ4n) is 3.81. The molecule has 204 valence electrons. The van der Waals surface area contributed by atoms with Crippen LogP contribution in [0.25, 0.3) is 0 Å². The molecule has 2 aromatic heterocycles. The van der Waals surface area contributed by atoms with Gasteiger partial charge in [-0.1, -0.05) is 0 Å². The van der Waals surface area contributed by atoms with Crippen molar-refractivity contribution in [2.45, 2.75) is 44.2 Å². The van der Waals surface area contributed by atoms with Crippen molar-refractivity contribution in [3.8, 4) is 0 Å². The normalized spacial score (nSPS) is 15.9. The Morgan fingerprint density at radius 1 is 1.16 bits per heavy atom. The number of halogens is 6. The number of aromatic nitrogens is 4. The topological polar surface area (TPSA) is 116 Å². The van der Waals surface area contributed by atoms with Gasteiger partial charge in [0.2, 0.25) is 11.9 Å². The second-order valence-electron chi connectivity index (χ2n) is 8.54. The van der Waals surface area contributed by atoms with Crippen molar-refractivity contribution in [1.29, 1.82) is 0 Å². The molecule has 16 heteroatoms. The zero-order chi connectivity index (χ0) is 27.4. The number of aromatic amines is 1. The molecule has 1 unspecified atom stereocenters. The smallest absolute Gasteiger partial charge is 0.378 e. The van der Waals surface area contributed by atoms with E-state index in [-0.39, 0.29) is 31.1 Å². The molecule has 0 saturated carbocycles. The van der Waals surface area contributed by atoms with Crippen molar-refractivity contribution in [3.63, 3.8) is 0 Å². The van der Waals surface area contributed by atoms with E-state index >= 15 is 0 Å². The lowest BCUT2D eigenvalue weighted by atomic mass is 10.0. The lowest BCUT2D eigenvalue weighted by Crippen LogP contribution is -2.47. The van der Waals surface area contributed by atoms with Crippen LogP contribution in [0, 0.1) is 0 Å². The van der Waals surface area contributed by atoms with Gasteiger partial charge in [0, 0.05) is 44.6 Å². The Hall–Kier alpha value is -3.43. The maximum Gasteiger partial charge on any atom is 0.423 e. The molecule has 1 aliphatic heterocycles. The Labute approximate surface area is 207 Å². The molecular weight excluding hydrogens is 512 g/mol. The predicted octanol–water partition coefficient (Wildman–Crippen LogP) is 2.54. The first-order chi connectivity index (χ1) is 17.3. The Morgan fingerprint density at radius 2 is 1.78 bits per heavy atom. The molecule has 2 aromatic rings. The summed E-state index contributed by atoms with van der Waals surface area (Å²) in [7, 11) is 1.60. The summed E-state index contributed by atoms with van der Waals surface area (Å²) >= 11 is 0. The summed E-state index contributed by atoms with van der Waals surface area (Å²) in [4.78, 5) is 34.9. The van der Waals surface area contributed by atoms with E-state index in [1.165, 1.54) is 11.8 Å². The van der Waals surface area contributed by atoms with Gasteiger partial charge in [0.1, 0.15) is 12.2 Å². The summed E-state index contributed by atoms with van der Waals surface area (Å²) in [5.41, 5.74) is -4.22. The first-order valence-corrected chi connectivity index (χ1v) is 11.2. The summed E-state index contributed by atoms with van der Waals surface area (Å²) in [6, 6.07) is -0.816. The van der Waals surface area contributed by atoms with Crippen LogP contribution in [-0.2, 0) is 21.9 Å². The molecule has 0 bridgehead atoms. The third kappa shape index (κ3) is 7.30. The lowest BCUT2D eigenvalue weighted by Gasteiger charge is -2.36. The number of anilines is 2. The van der Waals surface area contributed by atoms with Crippen LogP contribution in [0.15, 0.2) is 23.4 Å². The number of amides is 1. The molecule has 0 aromatic carbocycles. The predicted molar refractivity (Wildman–Crippen MR) is 119 cm³/mol. The number of piperidine rings is 1. The molecule has 10 nitrogen and oxygen atoms in total. The summed E-state index contributed by atoms with van der Waals surface area (Å²) in [6.07, 6.45) is -6.04. The van der Waals surface area contributed by atoms with Gasteiger partial charge in [-0.25, -0.2) is 15.1 Å². The van der Waals surface area contributed by atoms with Crippen LogP contribution >= 0.6 is 0 Å². The Morgan fingerprint density at radius 3 is 2.35 bits per heavy atom. The van der Waals surface area contributed by atoms with Crippen molar-refractivity contribution in [3.05, 3.63) is 40.1 Å². The molecule has 0 spiro atoms. The van der Waals surface area contributed by atoms with Crippen LogP contribution in [0.3, 0.4) is 0 Å². The number of nitrogens with one attached hydrogen (secondary N) is 2. The van der Waals surface area contributed by atoms with Gasteiger partial charge in [-0.15, -0.1) is 0 Å². The highest BCUT2D eigenvalue weighted by atomic mass is 19.4. The van der Waals surface area contributed by atoms with E-state index < -0.39 is 40.8 Å². The molecular formula is C21H25F6N7O3. The van der Waals surface area contributed by atoms with E-state index in [2.05, 4.69) is 20.4 Å². The number of carbonyl (C=O) groups excluding carboxylic acids is 1. The molecule has 0 aliphatic carbocycles. The average molecular weight is 537 g/mol. The van der Waals surface area contributed by atoms with Crippen LogP contribution < -0.4 is 15.8 Å². The molecule has 0 radical (unpaired) electrons. The van der Waals surface area contributed by atoms with Crippen molar-refractivity contribution < 1.29 is 35.9 Å². The number of nitrogens with zero attached hydrogens (tertiary/aromatic N) is 5. The van der Waals surface area contributed by atoms with E-state index in [1.54, 1.807) is 17.0 Å². The Balaban J connectivity index is 1.44. The molecule has 1 amide bonds. The fraction of sp³-hybridized carbons (Fsp3) is 0.571. The van der Waals surface area contributed by atoms with Crippen LogP contribution in [-0.4, -0.2) is 76.4 Å². The van der Waals surface area contributed by atoms with Crippen molar-refractivity contribution >= 4 is 17.5 Å². The van der Waals surface area contributed by atoms with Crippen LogP contribution in [0.4, 0.5) is 38.0 Å². The van der Waals surface area contributed by atoms with Gasteiger partial charge in [0.25, 0.3) is 5.56 Å². The quantitative estimate of drug-likeness (QED) is 0.494. The summed E-state index contributed by atoms with van der Waals surface area (Å²) in [5, 5.41) is 7.64. The average Bonchev–Trinajstić information content (AvgIpc) is 2.82. The SMILES string of the molecule is CC(COCC(=O)N(C)C1CCN(c2ncc(C(F)(F)F)cn2)CC1)Nc1cn[nH]c(=O)c1C(F)(F)F. The number of ether oxygens (including phenoxy) is 1. The van der Waals surface area contributed by atoms with Crippen molar-refractivity contribution in [2.75, 3.05) is 43.6 Å². The molecule has 3 rings (SSSR count). The number of H-pyrrole nitrogens is 1. The van der Waals surface area contributed by atoms with Crippen molar-refractivity contribution in [2.24, 2.45) is 0 Å². The number of likely N-dealkylation sites (N-methyl/N-ethyl adjacent to an activating group) is 1. The van der Waals surface area contributed by atoms with Gasteiger partial charge >= 0.3 is 12.4 Å². The summed E-state index contributed by atoms with van der Waals surface area (Å²) < 4.78 is 82.8.